The average molecular weight is 354 g/mol. The summed E-state index contributed by atoms with van der Waals surface area (Å²) in [6, 6.07) is 7.61. The zero-order chi connectivity index (χ0) is 19.0. The highest BCUT2D eigenvalue weighted by Crippen LogP contribution is 2.24. The van der Waals surface area contributed by atoms with Crippen LogP contribution in [0.1, 0.15) is 62.9 Å². The molecule has 26 heavy (non-hydrogen) atoms. The minimum atomic E-state index is -0.271. The van der Waals surface area contributed by atoms with Gasteiger partial charge in [0.1, 0.15) is 0 Å². The van der Waals surface area contributed by atoms with E-state index in [9.17, 15) is 4.79 Å². The molecule has 0 radical (unpaired) electrons. The lowest BCUT2D eigenvalue weighted by molar-refractivity contribution is 0.0526. The third kappa shape index (κ3) is 6.87. The Labute approximate surface area is 156 Å². The number of allylic oxidation sites excluding steroid dienone is 1. The van der Waals surface area contributed by atoms with Crippen molar-refractivity contribution in [1.29, 1.82) is 0 Å². The van der Waals surface area contributed by atoms with Crippen molar-refractivity contribution < 1.29 is 9.53 Å². The molecule has 1 aromatic heterocycles. The first kappa shape index (κ1) is 20.0. The molecule has 0 saturated carbocycles. The Morgan fingerprint density at radius 2 is 1.96 bits per heavy atom. The van der Waals surface area contributed by atoms with Crippen molar-refractivity contribution in [3.63, 3.8) is 0 Å². The Morgan fingerprint density at radius 3 is 2.54 bits per heavy atom. The molecule has 0 amide bonds. The predicted octanol–water partition coefficient (Wildman–Crippen LogP) is 5.36. The number of hydrogen-bond acceptors (Lipinski definition) is 3. The first-order chi connectivity index (χ1) is 12.4. The van der Waals surface area contributed by atoms with E-state index in [1.807, 2.05) is 43.7 Å². The van der Waals surface area contributed by atoms with Gasteiger partial charge in [-0.3, -0.25) is 0 Å². The first-order valence-corrected chi connectivity index (χ1v) is 9.30. The van der Waals surface area contributed by atoms with E-state index in [4.69, 9.17) is 4.74 Å². The number of ether oxygens (including phenoxy) is 1. The largest absolute Gasteiger partial charge is 0.462 e. The number of carbonyl (C=O) groups excluding carboxylic acids is 1. The van der Waals surface area contributed by atoms with Gasteiger partial charge in [0.05, 0.1) is 18.5 Å². The fraction of sp³-hybridized carbons (Fsp3) is 0.455. The van der Waals surface area contributed by atoms with Gasteiger partial charge < -0.3 is 9.30 Å². The predicted molar refractivity (Wildman–Crippen MR) is 106 cm³/mol. The summed E-state index contributed by atoms with van der Waals surface area (Å²) in [7, 11) is 0. The minimum absolute atomic E-state index is 0.271. The number of nitrogens with zero attached hydrogens (tertiary/aromatic N) is 2. The van der Waals surface area contributed by atoms with Crippen LogP contribution in [0.5, 0.6) is 0 Å². The molecule has 0 unspecified atom stereocenters. The molecule has 0 N–H and O–H groups in total. The van der Waals surface area contributed by atoms with E-state index < -0.39 is 0 Å². The Morgan fingerprint density at radius 1 is 1.23 bits per heavy atom. The van der Waals surface area contributed by atoms with Gasteiger partial charge in [-0.2, -0.15) is 0 Å². The Kier molecular flexibility index (Phi) is 7.19. The van der Waals surface area contributed by atoms with Crippen LogP contribution in [0.25, 0.3) is 6.08 Å². The second kappa shape index (κ2) is 9.37. The summed E-state index contributed by atoms with van der Waals surface area (Å²) in [5.41, 5.74) is 3.40. The summed E-state index contributed by atoms with van der Waals surface area (Å²) >= 11 is 0. The van der Waals surface area contributed by atoms with E-state index in [-0.39, 0.29) is 5.97 Å². The molecule has 1 aromatic carbocycles. The van der Waals surface area contributed by atoms with E-state index in [0.717, 1.165) is 24.9 Å². The molecule has 4 heteroatoms. The van der Waals surface area contributed by atoms with Crippen LogP contribution < -0.4 is 0 Å². The lowest BCUT2D eigenvalue weighted by atomic mass is 9.88. The highest BCUT2D eigenvalue weighted by molar-refractivity contribution is 5.89. The quantitative estimate of drug-likeness (QED) is 0.599. The minimum Gasteiger partial charge on any atom is -0.462 e. The van der Waals surface area contributed by atoms with Crippen molar-refractivity contribution in [1.82, 2.24) is 9.55 Å². The molecule has 0 saturated heterocycles. The van der Waals surface area contributed by atoms with Gasteiger partial charge >= 0.3 is 5.97 Å². The number of imidazole rings is 1. The Balaban J connectivity index is 2.10. The van der Waals surface area contributed by atoms with Crippen LogP contribution in [-0.4, -0.2) is 22.1 Å². The van der Waals surface area contributed by atoms with Gasteiger partial charge in [0, 0.05) is 18.9 Å². The summed E-state index contributed by atoms with van der Waals surface area (Å²) in [5.74, 6) is -0.271. The average Bonchev–Trinajstić information content (AvgIpc) is 3.07. The number of esters is 1. The number of hydrogen-bond donors (Lipinski definition) is 0. The maximum atomic E-state index is 11.8. The molecule has 0 aliphatic heterocycles. The molecule has 2 rings (SSSR count). The molecule has 4 nitrogen and oxygen atoms in total. The van der Waals surface area contributed by atoms with Crippen molar-refractivity contribution in [3.05, 3.63) is 59.7 Å². The molecule has 0 fully saturated rings. The SMILES string of the molecule is CCOC(=O)c1ccc(/C=C(/CCCC(C)(C)C)Cn2ccnc2)cc1. The second-order valence-corrected chi connectivity index (χ2v) is 7.79. The maximum absolute atomic E-state index is 11.8. The molecule has 0 atom stereocenters. The molecule has 140 valence electrons. The van der Waals surface area contributed by atoms with Crippen LogP contribution in [0.2, 0.25) is 0 Å². The van der Waals surface area contributed by atoms with Crippen molar-refractivity contribution in [2.45, 2.75) is 53.5 Å². The van der Waals surface area contributed by atoms with Crippen LogP contribution in [0.3, 0.4) is 0 Å². The molecule has 0 spiro atoms. The van der Waals surface area contributed by atoms with E-state index >= 15 is 0 Å². The molecule has 2 aromatic rings. The molecule has 0 bridgehead atoms. The van der Waals surface area contributed by atoms with Gasteiger partial charge in [-0.1, -0.05) is 39.0 Å². The van der Waals surface area contributed by atoms with Crippen LogP contribution in [0.4, 0.5) is 0 Å². The van der Waals surface area contributed by atoms with Crippen LogP contribution >= 0.6 is 0 Å². The van der Waals surface area contributed by atoms with Crippen molar-refractivity contribution >= 4 is 12.0 Å². The number of benzene rings is 1. The lowest BCUT2D eigenvalue weighted by Crippen LogP contribution is -2.06. The Hall–Kier alpha value is -2.36. The number of rotatable bonds is 8. The zero-order valence-electron chi connectivity index (χ0n) is 16.4. The highest BCUT2D eigenvalue weighted by atomic mass is 16.5. The second-order valence-electron chi connectivity index (χ2n) is 7.79. The van der Waals surface area contributed by atoms with Crippen LogP contribution in [0, 0.1) is 5.41 Å². The summed E-state index contributed by atoms with van der Waals surface area (Å²) in [5, 5.41) is 0. The molecular formula is C22H30N2O2. The van der Waals surface area contributed by atoms with Crippen molar-refractivity contribution in [3.8, 4) is 0 Å². The normalized spacial score (nSPS) is 12.2. The Bertz CT molecular complexity index is 708. The fourth-order valence-corrected chi connectivity index (χ4v) is 2.82. The van der Waals surface area contributed by atoms with E-state index in [1.165, 1.54) is 12.0 Å². The topological polar surface area (TPSA) is 44.1 Å². The smallest absolute Gasteiger partial charge is 0.338 e. The number of aromatic nitrogens is 2. The van der Waals surface area contributed by atoms with Crippen molar-refractivity contribution in [2.24, 2.45) is 5.41 Å². The van der Waals surface area contributed by atoms with Gasteiger partial charge in [-0.05, 0) is 54.9 Å². The molecule has 0 aliphatic rings. The van der Waals surface area contributed by atoms with Gasteiger partial charge in [0.25, 0.3) is 0 Å². The maximum Gasteiger partial charge on any atom is 0.338 e. The first-order valence-electron chi connectivity index (χ1n) is 9.30. The van der Waals surface area contributed by atoms with E-state index in [1.54, 1.807) is 6.20 Å². The third-order valence-electron chi connectivity index (χ3n) is 4.16. The molecular weight excluding hydrogens is 324 g/mol. The monoisotopic (exact) mass is 354 g/mol. The molecule has 0 aliphatic carbocycles. The third-order valence-corrected chi connectivity index (χ3v) is 4.16. The van der Waals surface area contributed by atoms with Crippen LogP contribution in [-0.2, 0) is 11.3 Å². The summed E-state index contributed by atoms with van der Waals surface area (Å²) in [4.78, 5) is 15.9. The van der Waals surface area contributed by atoms with Gasteiger partial charge in [-0.15, -0.1) is 0 Å². The van der Waals surface area contributed by atoms with E-state index in [0.29, 0.717) is 17.6 Å². The summed E-state index contributed by atoms with van der Waals surface area (Å²) in [6.45, 7) is 9.88. The standard InChI is InChI=1S/C22H30N2O2/c1-5-26-21(25)20-10-8-18(9-11-20)15-19(7-6-12-22(2,3)4)16-24-14-13-23-17-24/h8-11,13-15,17H,5-7,12,16H2,1-4H3/b19-15-. The highest BCUT2D eigenvalue weighted by Gasteiger charge is 2.11. The zero-order valence-corrected chi connectivity index (χ0v) is 16.4. The van der Waals surface area contributed by atoms with Gasteiger partial charge in [0.15, 0.2) is 0 Å². The van der Waals surface area contributed by atoms with Gasteiger partial charge in [-0.25, -0.2) is 9.78 Å². The summed E-state index contributed by atoms with van der Waals surface area (Å²) in [6.07, 6.45) is 11.3. The fourth-order valence-electron chi connectivity index (χ4n) is 2.82. The summed E-state index contributed by atoms with van der Waals surface area (Å²) < 4.78 is 7.13. The van der Waals surface area contributed by atoms with Crippen LogP contribution in [0.15, 0.2) is 48.6 Å². The van der Waals surface area contributed by atoms with Crippen molar-refractivity contribution in [2.75, 3.05) is 6.61 Å². The lowest BCUT2D eigenvalue weighted by Gasteiger charge is -2.18. The molecule has 1 heterocycles. The number of carbonyl (C=O) groups is 1. The van der Waals surface area contributed by atoms with Gasteiger partial charge in [0.2, 0.25) is 0 Å². The van der Waals surface area contributed by atoms with E-state index in [2.05, 4.69) is 36.4 Å².